The molecule has 0 spiro atoms. The molecule has 0 bridgehead atoms. The first-order valence-corrected chi connectivity index (χ1v) is 7.15. The Morgan fingerprint density at radius 2 is 1.86 bits per heavy atom. The van der Waals surface area contributed by atoms with Crippen molar-refractivity contribution in [2.45, 2.75) is 39.9 Å². The number of halogens is 3. The lowest BCUT2D eigenvalue weighted by Crippen LogP contribution is -2.36. The molecule has 0 aliphatic rings. The van der Waals surface area contributed by atoms with E-state index in [1.165, 1.54) is 0 Å². The summed E-state index contributed by atoms with van der Waals surface area (Å²) in [4.78, 5) is 9.27. The Kier molecular flexibility index (Phi) is 6.87. The van der Waals surface area contributed by atoms with E-state index >= 15 is 0 Å². The topological polar surface area (TPSA) is 41.1 Å². The molecule has 0 radical (unpaired) electrons. The lowest BCUT2D eigenvalue weighted by molar-refractivity contribution is -0.119. The van der Waals surface area contributed by atoms with E-state index in [1.807, 2.05) is 6.92 Å². The predicted octanol–water partition coefficient (Wildman–Crippen LogP) is 3.00. The van der Waals surface area contributed by atoms with Crippen LogP contribution >= 0.6 is 0 Å². The SMILES string of the molecule is CCCN(CC(F)(F)F)c1ncc(CNCC(C)C)cn1. The molecular weight excluding hydrogens is 281 g/mol. The Labute approximate surface area is 123 Å². The molecule has 7 heteroatoms. The standard InChI is InChI=1S/C14H23F3N4/c1-4-5-21(10-14(15,16)17)13-19-8-12(9-20-13)7-18-6-11(2)3/h8-9,11,18H,4-7,10H2,1-3H3. The van der Waals surface area contributed by atoms with Crippen molar-refractivity contribution in [3.63, 3.8) is 0 Å². The fraction of sp³-hybridized carbons (Fsp3) is 0.714. The molecule has 0 aliphatic heterocycles. The van der Waals surface area contributed by atoms with Crippen LogP contribution in [0.2, 0.25) is 0 Å². The molecule has 21 heavy (non-hydrogen) atoms. The van der Waals surface area contributed by atoms with E-state index in [0.717, 1.165) is 17.0 Å². The summed E-state index contributed by atoms with van der Waals surface area (Å²) in [7, 11) is 0. The maximum Gasteiger partial charge on any atom is 0.406 e. The van der Waals surface area contributed by atoms with E-state index in [0.29, 0.717) is 18.9 Å². The summed E-state index contributed by atoms with van der Waals surface area (Å²) >= 11 is 0. The zero-order valence-electron chi connectivity index (χ0n) is 12.7. The van der Waals surface area contributed by atoms with Crippen LogP contribution in [0.25, 0.3) is 0 Å². The second-order valence-corrected chi connectivity index (χ2v) is 5.45. The Morgan fingerprint density at radius 3 is 2.33 bits per heavy atom. The molecule has 120 valence electrons. The molecule has 1 rings (SSSR count). The Hall–Kier alpha value is -1.37. The van der Waals surface area contributed by atoms with Gasteiger partial charge in [0, 0.05) is 31.0 Å². The molecule has 4 nitrogen and oxygen atoms in total. The third-order valence-corrected chi connectivity index (χ3v) is 2.72. The highest BCUT2D eigenvalue weighted by Crippen LogP contribution is 2.19. The number of nitrogens with one attached hydrogen (secondary N) is 1. The second-order valence-electron chi connectivity index (χ2n) is 5.45. The third kappa shape index (κ3) is 7.27. The van der Waals surface area contributed by atoms with Gasteiger partial charge in [0.2, 0.25) is 5.95 Å². The molecule has 0 saturated heterocycles. The molecule has 0 aliphatic carbocycles. The summed E-state index contributed by atoms with van der Waals surface area (Å²) in [5.74, 6) is 0.666. The monoisotopic (exact) mass is 304 g/mol. The number of nitrogens with zero attached hydrogens (tertiary/aromatic N) is 3. The Morgan fingerprint density at radius 1 is 1.24 bits per heavy atom. The van der Waals surface area contributed by atoms with Crippen LogP contribution in [-0.4, -0.2) is 35.8 Å². The average Bonchev–Trinajstić information content (AvgIpc) is 2.37. The second kappa shape index (κ2) is 8.17. The minimum absolute atomic E-state index is 0.127. The molecule has 0 amide bonds. The van der Waals surface area contributed by atoms with E-state index in [4.69, 9.17) is 0 Å². The molecule has 0 saturated carbocycles. The van der Waals surface area contributed by atoms with Gasteiger partial charge in [-0.3, -0.25) is 0 Å². The third-order valence-electron chi connectivity index (χ3n) is 2.72. The van der Waals surface area contributed by atoms with Gasteiger partial charge >= 0.3 is 6.18 Å². The fourth-order valence-corrected chi connectivity index (χ4v) is 1.84. The van der Waals surface area contributed by atoms with Gasteiger partial charge in [-0.2, -0.15) is 13.2 Å². The molecule has 0 atom stereocenters. The smallest absolute Gasteiger partial charge is 0.332 e. The normalized spacial score (nSPS) is 12.0. The van der Waals surface area contributed by atoms with E-state index in [2.05, 4.69) is 29.1 Å². The Balaban J connectivity index is 2.64. The molecule has 1 heterocycles. The van der Waals surface area contributed by atoms with Gasteiger partial charge in [0.1, 0.15) is 6.54 Å². The van der Waals surface area contributed by atoms with Crippen molar-refractivity contribution in [3.8, 4) is 0 Å². The molecule has 0 aromatic carbocycles. The number of anilines is 1. The highest BCUT2D eigenvalue weighted by Gasteiger charge is 2.31. The number of hydrogen-bond donors (Lipinski definition) is 1. The van der Waals surface area contributed by atoms with Crippen LogP contribution < -0.4 is 10.2 Å². The van der Waals surface area contributed by atoms with Gasteiger partial charge in [0.15, 0.2) is 0 Å². The number of hydrogen-bond acceptors (Lipinski definition) is 4. The van der Waals surface area contributed by atoms with Crippen molar-refractivity contribution < 1.29 is 13.2 Å². The zero-order chi connectivity index (χ0) is 15.9. The van der Waals surface area contributed by atoms with Gasteiger partial charge in [0.05, 0.1) is 0 Å². The lowest BCUT2D eigenvalue weighted by atomic mass is 10.2. The highest BCUT2D eigenvalue weighted by atomic mass is 19.4. The van der Waals surface area contributed by atoms with E-state index in [9.17, 15) is 13.2 Å². The lowest BCUT2D eigenvalue weighted by Gasteiger charge is -2.23. The van der Waals surface area contributed by atoms with Gasteiger partial charge < -0.3 is 10.2 Å². The van der Waals surface area contributed by atoms with Crippen LogP contribution in [0.5, 0.6) is 0 Å². The summed E-state index contributed by atoms with van der Waals surface area (Å²) < 4.78 is 37.6. The van der Waals surface area contributed by atoms with Crippen LogP contribution in [0.1, 0.15) is 32.8 Å². The first-order chi connectivity index (χ1) is 9.81. The van der Waals surface area contributed by atoms with Gasteiger partial charge in [-0.05, 0) is 18.9 Å². The molecule has 0 fully saturated rings. The summed E-state index contributed by atoms with van der Waals surface area (Å²) in [5, 5.41) is 3.24. The van der Waals surface area contributed by atoms with Gasteiger partial charge in [-0.15, -0.1) is 0 Å². The quantitative estimate of drug-likeness (QED) is 0.801. The number of aromatic nitrogens is 2. The van der Waals surface area contributed by atoms with Crippen molar-refractivity contribution in [1.29, 1.82) is 0 Å². The zero-order valence-corrected chi connectivity index (χ0v) is 12.7. The van der Waals surface area contributed by atoms with Gasteiger partial charge in [-0.25, -0.2) is 9.97 Å². The number of alkyl halides is 3. The van der Waals surface area contributed by atoms with Crippen LogP contribution in [-0.2, 0) is 6.54 Å². The van der Waals surface area contributed by atoms with Crippen LogP contribution in [0.4, 0.5) is 19.1 Å². The Bertz CT molecular complexity index is 404. The van der Waals surface area contributed by atoms with Crippen LogP contribution in [0, 0.1) is 5.92 Å². The van der Waals surface area contributed by atoms with Crippen molar-refractivity contribution in [2.75, 3.05) is 24.5 Å². The van der Waals surface area contributed by atoms with Crippen LogP contribution in [0.15, 0.2) is 12.4 Å². The van der Waals surface area contributed by atoms with Crippen molar-refractivity contribution >= 4 is 5.95 Å². The first kappa shape index (κ1) is 17.7. The highest BCUT2D eigenvalue weighted by molar-refractivity contribution is 5.30. The van der Waals surface area contributed by atoms with Crippen LogP contribution in [0.3, 0.4) is 0 Å². The summed E-state index contributed by atoms with van der Waals surface area (Å²) in [6.07, 6.45) is -0.490. The molecule has 1 aromatic heterocycles. The number of rotatable bonds is 8. The largest absolute Gasteiger partial charge is 0.406 e. The predicted molar refractivity (Wildman–Crippen MR) is 77.1 cm³/mol. The maximum atomic E-state index is 12.5. The van der Waals surface area contributed by atoms with Crippen molar-refractivity contribution in [3.05, 3.63) is 18.0 Å². The van der Waals surface area contributed by atoms with E-state index in [1.54, 1.807) is 12.4 Å². The molecule has 1 N–H and O–H groups in total. The van der Waals surface area contributed by atoms with E-state index in [-0.39, 0.29) is 12.5 Å². The van der Waals surface area contributed by atoms with E-state index < -0.39 is 12.7 Å². The average molecular weight is 304 g/mol. The minimum atomic E-state index is -4.25. The molecule has 1 aromatic rings. The summed E-state index contributed by atoms with van der Waals surface area (Å²) in [6.45, 7) is 6.78. The minimum Gasteiger partial charge on any atom is -0.332 e. The maximum absolute atomic E-state index is 12.5. The summed E-state index contributed by atoms with van der Waals surface area (Å²) in [6, 6.07) is 0. The molecular formula is C14H23F3N4. The molecule has 0 unspecified atom stereocenters. The van der Waals surface area contributed by atoms with Crippen molar-refractivity contribution in [1.82, 2.24) is 15.3 Å². The van der Waals surface area contributed by atoms with Gasteiger partial charge in [-0.1, -0.05) is 20.8 Å². The van der Waals surface area contributed by atoms with Gasteiger partial charge in [0.25, 0.3) is 0 Å². The summed E-state index contributed by atoms with van der Waals surface area (Å²) in [5.41, 5.74) is 0.864. The fourth-order valence-electron chi connectivity index (χ4n) is 1.84. The van der Waals surface area contributed by atoms with Crippen molar-refractivity contribution in [2.24, 2.45) is 5.92 Å². The first-order valence-electron chi connectivity index (χ1n) is 7.15.